The van der Waals surface area contributed by atoms with Gasteiger partial charge in [-0.15, -0.1) is 0 Å². The van der Waals surface area contributed by atoms with Gasteiger partial charge in [-0.25, -0.2) is 0 Å². The van der Waals surface area contributed by atoms with Crippen LogP contribution in [0, 0.1) is 0 Å². The molecular formula is C10H20N2. The summed E-state index contributed by atoms with van der Waals surface area (Å²) in [5.74, 6) is 0. The standard InChI is InChI=1S/C10H20N2/c1-4-10(2,3)12-6-5-8-9(12)7-11-8/h8-9,11H,4-7H2,1-3H3/t8-,9-/m0/s1. The van der Waals surface area contributed by atoms with E-state index in [9.17, 15) is 0 Å². The van der Waals surface area contributed by atoms with Gasteiger partial charge in [0.2, 0.25) is 0 Å². The van der Waals surface area contributed by atoms with E-state index in [1.165, 1.54) is 25.9 Å². The lowest BCUT2D eigenvalue weighted by Gasteiger charge is -2.45. The van der Waals surface area contributed by atoms with E-state index in [0.29, 0.717) is 5.54 Å². The van der Waals surface area contributed by atoms with Gasteiger partial charge in [0.1, 0.15) is 0 Å². The van der Waals surface area contributed by atoms with Crippen molar-refractivity contribution in [3.05, 3.63) is 0 Å². The zero-order valence-corrected chi connectivity index (χ0v) is 8.43. The molecule has 2 heterocycles. The lowest BCUT2D eigenvalue weighted by Crippen LogP contribution is -2.63. The smallest absolute Gasteiger partial charge is 0.0379 e. The molecule has 0 spiro atoms. The molecule has 0 aliphatic carbocycles. The maximum Gasteiger partial charge on any atom is 0.0379 e. The molecule has 2 saturated heterocycles. The molecule has 2 nitrogen and oxygen atoms in total. The third-order valence-corrected chi connectivity index (χ3v) is 3.78. The van der Waals surface area contributed by atoms with Gasteiger partial charge in [0.25, 0.3) is 0 Å². The van der Waals surface area contributed by atoms with E-state index in [1.807, 2.05) is 0 Å². The Morgan fingerprint density at radius 1 is 1.50 bits per heavy atom. The molecule has 0 radical (unpaired) electrons. The molecule has 0 aromatic carbocycles. The second kappa shape index (κ2) is 2.71. The summed E-state index contributed by atoms with van der Waals surface area (Å²) in [5, 5.41) is 3.49. The molecule has 0 aromatic heterocycles. The van der Waals surface area contributed by atoms with Crippen molar-refractivity contribution in [1.82, 2.24) is 10.2 Å². The third kappa shape index (κ3) is 1.09. The fraction of sp³-hybridized carbons (Fsp3) is 1.00. The minimum atomic E-state index is 0.418. The van der Waals surface area contributed by atoms with Crippen LogP contribution in [0.15, 0.2) is 0 Å². The summed E-state index contributed by atoms with van der Waals surface area (Å²) in [6.07, 6.45) is 2.62. The molecule has 0 bridgehead atoms. The largest absolute Gasteiger partial charge is 0.311 e. The number of fused-ring (bicyclic) bond motifs is 1. The lowest BCUT2D eigenvalue weighted by molar-refractivity contribution is 0.0663. The van der Waals surface area contributed by atoms with E-state index < -0.39 is 0 Å². The van der Waals surface area contributed by atoms with E-state index in [2.05, 4.69) is 31.0 Å². The molecule has 0 unspecified atom stereocenters. The fourth-order valence-electron chi connectivity index (χ4n) is 2.41. The molecule has 12 heavy (non-hydrogen) atoms. The van der Waals surface area contributed by atoms with E-state index in [-0.39, 0.29) is 0 Å². The van der Waals surface area contributed by atoms with Crippen molar-refractivity contribution in [3.63, 3.8) is 0 Å². The summed E-state index contributed by atoms with van der Waals surface area (Å²) in [7, 11) is 0. The first kappa shape index (κ1) is 8.52. The summed E-state index contributed by atoms with van der Waals surface area (Å²) in [6.45, 7) is 9.54. The average molecular weight is 168 g/mol. The molecule has 70 valence electrons. The fourth-order valence-corrected chi connectivity index (χ4v) is 2.41. The van der Waals surface area contributed by atoms with Gasteiger partial charge in [-0.05, 0) is 26.7 Å². The Morgan fingerprint density at radius 2 is 2.25 bits per heavy atom. The van der Waals surface area contributed by atoms with Crippen LogP contribution in [0.2, 0.25) is 0 Å². The van der Waals surface area contributed by atoms with Crippen LogP contribution in [0.25, 0.3) is 0 Å². The van der Waals surface area contributed by atoms with Crippen molar-refractivity contribution >= 4 is 0 Å². The third-order valence-electron chi connectivity index (χ3n) is 3.78. The Bertz CT molecular complexity index is 177. The van der Waals surface area contributed by atoms with Crippen molar-refractivity contribution in [1.29, 1.82) is 0 Å². The van der Waals surface area contributed by atoms with E-state index >= 15 is 0 Å². The van der Waals surface area contributed by atoms with Gasteiger partial charge in [-0.2, -0.15) is 0 Å². The van der Waals surface area contributed by atoms with Crippen LogP contribution in [0.5, 0.6) is 0 Å². The molecule has 1 N–H and O–H groups in total. The first-order valence-electron chi connectivity index (χ1n) is 5.15. The second-order valence-electron chi connectivity index (χ2n) is 4.73. The van der Waals surface area contributed by atoms with Gasteiger partial charge in [-0.1, -0.05) is 6.92 Å². The molecule has 0 saturated carbocycles. The zero-order valence-electron chi connectivity index (χ0n) is 8.43. The molecule has 2 heteroatoms. The summed E-state index contributed by atoms with van der Waals surface area (Å²) < 4.78 is 0. The van der Waals surface area contributed by atoms with Crippen LogP contribution in [0.3, 0.4) is 0 Å². The van der Waals surface area contributed by atoms with Crippen LogP contribution in [0.1, 0.15) is 33.6 Å². The second-order valence-corrected chi connectivity index (χ2v) is 4.73. The van der Waals surface area contributed by atoms with Gasteiger partial charge in [0.15, 0.2) is 0 Å². The highest BCUT2D eigenvalue weighted by molar-refractivity contribution is 5.05. The van der Waals surface area contributed by atoms with Gasteiger partial charge >= 0.3 is 0 Å². The highest BCUT2D eigenvalue weighted by atomic mass is 15.3. The topological polar surface area (TPSA) is 15.3 Å². The first-order chi connectivity index (χ1) is 5.65. The summed E-state index contributed by atoms with van der Waals surface area (Å²) in [5.41, 5.74) is 0.418. The quantitative estimate of drug-likeness (QED) is 0.667. The Balaban J connectivity index is 2.04. The maximum atomic E-state index is 3.49. The van der Waals surface area contributed by atoms with Crippen LogP contribution in [-0.2, 0) is 0 Å². The molecule has 2 rings (SSSR count). The van der Waals surface area contributed by atoms with Crippen molar-refractivity contribution in [2.24, 2.45) is 0 Å². The average Bonchev–Trinajstić information content (AvgIpc) is 2.27. The van der Waals surface area contributed by atoms with Crippen LogP contribution in [0.4, 0.5) is 0 Å². The Morgan fingerprint density at radius 3 is 2.67 bits per heavy atom. The molecule has 2 fully saturated rings. The van der Waals surface area contributed by atoms with Gasteiger partial charge in [0, 0.05) is 30.7 Å². The lowest BCUT2D eigenvalue weighted by atomic mass is 9.95. The highest BCUT2D eigenvalue weighted by Gasteiger charge is 2.45. The van der Waals surface area contributed by atoms with E-state index in [0.717, 1.165) is 12.1 Å². The monoisotopic (exact) mass is 168 g/mol. The first-order valence-corrected chi connectivity index (χ1v) is 5.15. The number of hydrogen-bond acceptors (Lipinski definition) is 2. The van der Waals surface area contributed by atoms with Gasteiger partial charge in [-0.3, -0.25) is 4.90 Å². The zero-order chi connectivity index (χ0) is 8.77. The Kier molecular flexibility index (Phi) is 1.92. The minimum absolute atomic E-state index is 0.418. The van der Waals surface area contributed by atoms with Crippen molar-refractivity contribution in [2.45, 2.75) is 51.2 Å². The van der Waals surface area contributed by atoms with Crippen LogP contribution < -0.4 is 5.32 Å². The Labute approximate surface area is 75.3 Å². The van der Waals surface area contributed by atoms with Crippen LogP contribution >= 0.6 is 0 Å². The summed E-state index contributed by atoms with van der Waals surface area (Å²) in [4.78, 5) is 2.69. The van der Waals surface area contributed by atoms with Gasteiger partial charge in [0.05, 0.1) is 0 Å². The van der Waals surface area contributed by atoms with Crippen LogP contribution in [-0.4, -0.2) is 35.6 Å². The molecule has 0 amide bonds. The van der Waals surface area contributed by atoms with E-state index in [4.69, 9.17) is 0 Å². The number of nitrogens with zero attached hydrogens (tertiary/aromatic N) is 1. The molecule has 2 aliphatic heterocycles. The summed E-state index contributed by atoms with van der Waals surface area (Å²) in [6, 6.07) is 1.66. The Hall–Kier alpha value is -0.0800. The molecule has 2 atom stereocenters. The number of hydrogen-bond donors (Lipinski definition) is 1. The van der Waals surface area contributed by atoms with Crippen molar-refractivity contribution < 1.29 is 0 Å². The SMILES string of the molecule is CCC(C)(C)N1CC[C@@H]2NC[C@@H]21. The highest BCUT2D eigenvalue weighted by Crippen LogP contribution is 2.32. The van der Waals surface area contributed by atoms with Crippen molar-refractivity contribution in [3.8, 4) is 0 Å². The van der Waals surface area contributed by atoms with E-state index in [1.54, 1.807) is 0 Å². The maximum absolute atomic E-state index is 3.49. The number of nitrogens with one attached hydrogen (secondary N) is 1. The number of rotatable bonds is 2. The number of likely N-dealkylation sites (tertiary alicyclic amines) is 1. The molecule has 0 aromatic rings. The minimum Gasteiger partial charge on any atom is -0.311 e. The predicted octanol–water partition coefficient (Wildman–Crippen LogP) is 1.22. The molecular weight excluding hydrogens is 148 g/mol. The predicted molar refractivity (Wildman–Crippen MR) is 51.3 cm³/mol. The van der Waals surface area contributed by atoms with Gasteiger partial charge < -0.3 is 5.32 Å². The normalized spacial score (nSPS) is 36.2. The van der Waals surface area contributed by atoms with Crippen molar-refractivity contribution in [2.75, 3.05) is 13.1 Å². The summed E-state index contributed by atoms with van der Waals surface area (Å²) >= 11 is 0. The molecule has 2 aliphatic rings.